The number of carboxylic acid groups (broad SMARTS) is 1. The molecule has 0 aliphatic carbocycles. The van der Waals surface area contributed by atoms with Crippen LogP contribution in [0.25, 0.3) is 0 Å². The molecule has 1 saturated heterocycles. The number of carbonyl (C=O) groups is 1. The second-order valence-corrected chi connectivity index (χ2v) is 4.69. The van der Waals surface area contributed by atoms with Crippen LogP contribution in [0.3, 0.4) is 0 Å². The molecule has 1 aromatic carbocycles. The topological polar surface area (TPSA) is 49.8 Å². The van der Waals surface area contributed by atoms with E-state index < -0.39 is 28.9 Å². The first-order valence-corrected chi connectivity index (χ1v) is 6.05. The van der Waals surface area contributed by atoms with Crippen molar-refractivity contribution in [2.45, 2.75) is 18.9 Å². The maximum absolute atomic E-state index is 13.7. The molecule has 0 amide bonds. The Labute approximate surface area is 109 Å². The highest BCUT2D eigenvalue weighted by Gasteiger charge is 2.22. The number of carboxylic acids is 1. The zero-order valence-corrected chi connectivity index (χ0v) is 10.5. The van der Waals surface area contributed by atoms with Gasteiger partial charge in [-0.1, -0.05) is 0 Å². The molecule has 2 rings (SSSR count). The first-order valence-electron chi connectivity index (χ1n) is 6.05. The molecule has 0 bridgehead atoms. The van der Waals surface area contributed by atoms with E-state index in [2.05, 4.69) is 4.90 Å². The zero-order chi connectivity index (χ0) is 14.0. The fourth-order valence-corrected chi connectivity index (χ4v) is 2.07. The molecule has 0 aromatic heterocycles. The number of ether oxygens (including phenoxy) is 1. The van der Waals surface area contributed by atoms with Crippen LogP contribution in [0.5, 0.6) is 5.75 Å². The van der Waals surface area contributed by atoms with Crippen LogP contribution in [-0.2, 0) is 0 Å². The van der Waals surface area contributed by atoms with E-state index in [0.717, 1.165) is 25.2 Å². The molecule has 0 unspecified atom stereocenters. The Kier molecular flexibility index (Phi) is 3.99. The summed E-state index contributed by atoms with van der Waals surface area (Å²) in [5.41, 5.74) is -0.425. The van der Waals surface area contributed by atoms with Crippen LogP contribution in [0.4, 0.5) is 8.78 Å². The summed E-state index contributed by atoms with van der Waals surface area (Å²) < 4.78 is 32.7. The zero-order valence-electron chi connectivity index (χ0n) is 10.5. The molecule has 4 nitrogen and oxygen atoms in total. The Balaban J connectivity index is 2.14. The normalized spacial score (nSPS) is 17.4. The van der Waals surface area contributed by atoms with Crippen LogP contribution >= 0.6 is 0 Å². The van der Waals surface area contributed by atoms with E-state index >= 15 is 0 Å². The lowest BCUT2D eigenvalue weighted by atomic mass is 10.1. The smallest absolute Gasteiger partial charge is 0.335 e. The van der Waals surface area contributed by atoms with Gasteiger partial charge in [-0.2, -0.15) is 0 Å². The second-order valence-electron chi connectivity index (χ2n) is 4.69. The summed E-state index contributed by atoms with van der Waals surface area (Å²) in [6.45, 7) is 1.61. The van der Waals surface area contributed by atoms with Gasteiger partial charge in [-0.25, -0.2) is 13.6 Å². The minimum atomic E-state index is -1.37. The number of aromatic carboxylic acids is 1. The number of piperidine rings is 1. The maximum Gasteiger partial charge on any atom is 0.335 e. The minimum Gasteiger partial charge on any atom is -0.484 e. The lowest BCUT2D eigenvalue weighted by molar-refractivity contribution is 0.0695. The highest BCUT2D eigenvalue weighted by atomic mass is 19.1. The Morgan fingerprint density at radius 2 is 1.84 bits per heavy atom. The molecule has 1 N–H and O–H groups in total. The van der Waals surface area contributed by atoms with Gasteiger partial charge in [0.25, 0.3) is 0 Å². The first kappa shape index (κ1) is 13.7. The third kappa shape index (κ3) is 3.20. The SMILES string of the molecule is CN1CCC(Oc2c(F)cc(C(=O)O)cc2F)CC1. The lowest BCUT2D eigenvalue weighted by Gasteiger charge is -2.29. The fraction of sp³-hybridized carbons (Fsp3) is 0.462. The molecule has 1 aliphatic rings. The van der Waals surface area contributed by atoms with E-state index in [-0.39, 0.29) is 6.10 Å². The summed E-state index contributed by atoms with van der Waals surface area (Å²) in [6.07, 6.45) is 1.14. The Morgan fingerprint density at radius 1 is 1.32 bits per heavy atom. The van der Waals surface area contributed by atoms with Crippen LogP contribution in [0.15, 0.2) is 12.1 Å². The lowest BCUT2D eigenvalue weighted by Crippen LogP contribution is -2.36. The highest BCUT2D eigenvalue weighted by molar-refractivity contribution is 5.87. The van der Waals surface area contributed by atoms with Gasteiger partial charge in [0.05, 0.1) is 5.56 Å². The molecule has 6 heteroatoms. The Hall–Kier alpha value is -1.69. The number of hydrogen-bond acceptors (Lipinski definition) is 3. The van der Waals surface area contributed by atoms with Gasteiger partial charge in [-0.3, -0.25) is 0 Å². The van der Waals surface area contributed by atoms with Gasteiger partial charge < -0.3 is 14.7 Å². The number of nitrogens with zero attached hydrogens (tertiary/aromatic N) is 1. The number of hydrogen-bond donors (Lipinski definition) is 1. The van der Waals surface area contributed by atoms with Crippen molar-refractivity contribution in [3.8, 4) is 5.75 Å². The third-order valence-corrected chi connectivity index (χ3v) is 3.20. The van der Waals surface area contributed by atoms with Crippen LogP contribution in [0, 0.1) is 11.6 Å². The number of benzene rings is 1. The molecular weight excluding hydrogens is 256 g/mol. The molecule has 104 valence electrons. The van der Waals surface area contributed by atoms with E-state index in [1.165, 1.54) is 0 Å². The second kappa shape index (κ2) is 5.52. The summed E-state index contributed by atoms with van der Waals surface area (Å²) in [7, 11) is 1.97. The van der Waals surface area contributed by atoms with E-state index in [0.29, 0.717) is 12.8 Å². The highest BCUT2D eigenvalue weighted by Crippen LogP contribution is 2.26. The molecule has 0 spiro atoms. The average molecular weight is 271 g/mol. The standard InChI is InChI=1S/C13H15F2NO3/c1-16-4-2-9(3-5-16)19-12-10(14)6-8(13(17)18)7-11(12)15/h6-7,9H,2-5H2,1H3,(H,17,18). The molecule has 1 fully saturated rings. The molecular formula is C13H15F2NO3. The molecule has 19 heavy (non-hydrogen) atoms. The van der Waals surface area contributed by atoms with Gasteiger partial charge in [0.2, 0.25) is 0 Å². The minimum absolute atomic E-state index is 0.240. The Bertz CT molecular complexity index is 462. The maximum atomic E-state index is 13.7. The molecule has 1 heterocycles. The van der Waals surface area contributed by atoms with Gasteiger partial charge in [0, 0.05) is 13.1 Å². The number of rotatable bonds is 3. The van der Waals surface area contributed by atoms with Gasteiger partial charge in [0.15, 0.2) is 17.4 Å². The van der Waals surface area contributed by atoms with Crippen molar-refractivity contribution in [3.05, 3.63) is 29.3 Å². The van der Waals surface area contributed by atoms with Gasteiger partial charge in [-0.05, 0) is 32.0 Å². The first-order chi connectivity index (χ1) is 8.97. The van der Waals surface area contributed by atoms with Gasteiger partial charge in [-0.15, -0.1) is 0 Å². The van der Waals surface area contributed by atoms with Crippen molar-refractivity contribution in [3.63, 3.8) is 0 Å². The summed E-state index contributed by atoms with van der Waals surface area (Å²) >= 11 is 0. The quantitative estimate of drug-likeness (QED) is 0.915. The van der Waals surface area contributed by atoms with E-state index in [1.807, 2.05) is 7.05 Å². The number of likely N-dealkylation sites (tertiary alicyclic amines) is 1. The molecule has 0 atom stereocenters. The third-order valence-electron chi connectivity index (χ3n) is 3.20. The van der Waals surface area contributed by atoms with Crippen molar-refractivity contribution in [2.75, 3.05) is 20.1 Å². The van der Waals surface area contributed by atoms with Crippen LogP contribution < -0.4 is 4.74 Å². The van der Waals surface area contributed by atoms with E-state index in [1.54, 1.807) is 0 Å². The van der Waals surface area contributed by atoms with Crippen molar-refractivity contribution in [2.24, 2.45) is 0 Å². The van der Waals surface area contributed by atoms with Crippen molar-refractivity contribution < 1.29 is 23.4 Å². The number of halogens is 2. The van der Waals surface area contributed by atoms with E-state index in [9.17, 15) is 13.6 Å². The van der Waals surface area contributed by atoms with Crippen molar-refractivity contribution in [1.82, 2.24) is 4.90 Å². The molecule has 1 aromatic rings. The summed E-state index contributed by atoms with van der Waals surface area (Å²) in [6, 6.07) is 1.55. The predicted octanol–water partition coefficient (Wildman–Crippen LogP) is 2.14. The van der Waals surface area contributed by atoms with Crippen molar-refractivity contribution in [1.29, 1.82) is 0 Å². The molecule has 0 saturated carbocycles. The fourth-order valence-electron chi connectivity index (χ4n) is 2.07. The summed E-state index contributed by atoms with van der Waals surface area (Å²) in [5, 5.41) is 8.70. The summed E-state index contributed by atoms with van der Waals surface area (Å²) in [4.78, 5) is 12.8. The van der Waals surface area contributed by atoms with Crippen LogP contribution in [0.1, 0.15) is 23.2 Å². The van der Waals surface area contributed by atoms with Crippen molar-refractivity contribution >= 4 is 5.97 Å². The van der Waals surface area contributed by atoms with Crippen LogP contribution in [-0.4, -0.2) is 42.2 Å². The largest absolute Gasteiger partial charge is 0.484 e. The van der Waals surface area contributed by atoms with Gasteiger partial charge >= 0.3 is 5.97 Å². The molecule has 1 aliphatic heterocycles. The van der Waals surface area contributed by atoms with Crippen LogP contribution in [0.2, 0.25) is 0 Å². The Morgan fingerprint density at radius 3 is 2.32 bits per heavy atom. The predicted molar refractivity (Wildman–Crippen MR) is 64.5 cm³/mol. The molecule has 0 radical (unpaired) electrons. The van der Waals surface area contributed by atoms with E-state index in [4.69, 9.17) is 9.84 Å². The van der Waals surface area contributed by atoms with Gasteiger partial charge in [0.1, 0.15) is 6.10 Å². The monoisotopic (exact) mass is 271 g/mol. The summed E-state index contributed by atoms with van der Waals surface area (Å²) in [5.74, 6) is -3.81. The average Bonchev–Trinajstić information content (AvgIpc) is 2.35.